The number of aliphatic hydroxyl groups excluding tert-OH is 1. The van der Waals surface area contributed by atoms with Crippen LogP contribution >= 0.6 is 0 Å². The van der Waals surface area contributed by atoms with Crippen molar-refractivity contribution < 1.29 is 9.84 Å². The van der Waals surface area contributed by atoms with Gasteiger partial charge >= 0.3 is 0 Å². The molecule has 1 saturated heterocycles. The van der Waals surface area contributed by atoms with Crippen LogP contribution in [0.2, 0.25) is 0 Å². The molecule has 0 spiro atoms. The normalized spacial score (nSPS) is 22.4. The Bertz CT molecular complexity index is 623. The Balaban J connectivity index is 2.03. The second-order valence-electron chi connectivity index (χ2n) is 5.98. The van der Waals surface area contributed by atoms with Crippen molar-refractivity contribution in [1.82, 2.24) is 14.6 Å². The fourth-order valence-corrected chi connectivity index (χ4v) is 2.83. The number of morpholine rings is 1. The summed E-state index contributed by atoms with van der Waals surface area (Å²) in [4.78, 5) is 6.46. The third-order valence-electron chi connectivity index (χ3n) is 3.51. The number of anilines is 1. The number of aryl methyl sites for hydroxylation is 1. The molecule has 0 radical (unpaired) electrons. The van der Waals surface area contributed by atoms with Gasteiger partial charge in [0.15, 0.2) is 5.65 Å². The number of ether oxygens (including phenoxy) is 1. The van der Waals surface area contributed by atoms with Crippen molar-refractivity contribution in [3.05, 3.63) is 24.0 Å². The second kappa shape index (κ2) is 4.71. The Kier molecular flexibility index (Phi) is 3.14. The monoisotopic (exact) mass is 276 g/mol. The smallest absolute Gasteiger partial charge is 0.157 e. The van der Waals surface area contributed by atoms with Crippen LogP contribution in [0.15, 0.2) is 18.5 Å². The third-order valence-corrected chi connectivity index (χ3v) is 3.51. The van der Waals surface area contributed by atoms with E-state index in [4.69, 9.17) is 4.74 Å². The summed E-state index contributed by atoms with van der Waals surface area (Å²) in [6.07, 6.45) is 1.38. The Morgan fingerprint density at radius 2 is 2.25 bits per heavy atom. The number of hydrogen-bond acceptors (Lipinski definition) is 5. The number of hydrogen-bond donors (Lipinski definition) is 1. The lowest BCUT2D eigenvalue weighted by Crippen LogP contribution is -2.54. The van der Waals surface area contributed by atoms with Crippen LogP contribution in [0.25, 0.3) is 5.65 Å². The molecule has 1 atom stereocenters. The highest BCUT2D eigenvalue weighted by Gasteiger charge is 2.34. The molecule has 6 heteroatoms. The van der Waals surface area contributed by atoms with Gasteiger partial charge < -0.3 is 14.7 Å². The molecular formula is C14H20N4O2. The highest BCUT2D eigenvalue weighted by molar-refractivity contribution is 5.53. The number of nitrogens with zero attached hydrogens (tertiary/aromatic N) is 4. The number of pyridine rings is 1. The first-order chi connectivity index (χ1) is 9.48. The van der Waals surface area contributed by atoms with E-state index < -0.39 is 0 Å². The van der Waals surface area contributed by atoms with Gasteiger partial charge in [0.25, 0.3) is 0 Å². The van der Waals surface area contributed by atoms with Crippen LogP contribution < -0.4 is 4.90 Å². The number of fused-ring (bicyclic) bond motifs is 1. The molecule has 20 heavy (non-hydrogen) atoms. The second-order valence-corrected chi connectivity index (χ2v) is 5.98. The van der Waals surface area contributed by atoms with Crippen LogP contribution in [-0.2, 0) is 4.74 Å². The largest absolute Gasteiger partial charge is 0.394 e. The van der Waals surface area contributed by atoms with Crippen molar-refractivity contribution in [3.63, 3.8) is 0 Å². The van der Waals surface area contributed by atoms with Gasteiger partial charge in [-0.25, -0.2) is 4.98 Å². The molecule has 0 aromatic carbocycles. The summed E-state index contributed by atoms with van der Waals surface area (Å²) < 4.78 is 7.70. The molecule has 0 amide bonds. The van der Waals surface area contributed by atoms with Gasteiger partial charge in [0.1, 0.15) is 12.1 Å². The molecule has 1 fully saturated rings. The Morgan fingerprint density at radius 3 is 3.00 bits per heavy atom. The van der Waals surface area contributed by atoms with Gasteiger partial charge in [0.2, 0.25) is 0 Å². The minimum Gasteiger partial charge on any atom is -0.394 e. The standard InChI is InChI=1S/C14H20N4O2/c1-10-4-12-15-9-16-18(12)13(5-10)17-6-11(7-19)20-14(2,3)8-17/h4-5,9,11,19H,6-8H2,1-3H3. The van der Waals surface area contributed by atoms with Crippen molar-refractivity contribution in [2.24, 2.45) is 0 Å². The summed E-state index contributed by atoms with van der Waals surface area (Å²) in [7, 11) is 0. The lowest BCUT2D eigenvalue weighted by atomic mass is 10.1. The van der Waals surface area contributed by atoms with E-state index in [1.54, 1.807) is 6.33 Å². The van der Waals surface area contributed by atoms with Crippen LogP contribution in [0.1, 0.15) is 19.4 Å². The quantitative estimate of drug-likeness (QED) is 0.887. The first-order valence-electron chi connectivity index (χ1n) is 6.82. The zero-order valence-electron chi connectivity index (χ0n) is 12.1. The topological polar surface area (TPSA) is 62.9 Å². The average Bonchev–Trinajstić information content (AvgIpc) is 2.83. The van der Waals surface area contributed by atoms with Gasteiger partial charge in [0.05, 0.1) is 18.3 Å². The summed E-state index contributed by atoms with van der Waals surface area (Å²) in [5.74, 6) is 0.993. The van der Waals surface area contributed by atoms with E-state index >= 15 is 0 Å². The van der Waals surface area contributed by atoms with Crippen molar-refractivity contribution >= 4 is 11.5 Å². The first-order valence-corrected chi connectivity index (χ1v) is 6.82. The Labute approximate surface area is 118 Å². The summed E-state index contributed by atoms with van der Waals surface area (Å²) in [6, 6.07) is 4.10. The van der Waals surface area contributed by atoms with Crippen molar-refractivity contribution in [3.8, 4) is 0 Å². The average molecular weight is 276 g/mol. The highest BCUT2D eigenvalue weighted by atomic mass is 16.5. The maximum absolute atomic E-state index is 9.43. The Hall–Kier alpha value is -1.66. The van der Waals surface area contributed by atoms with Crippen LogP contribution in [0.4, 0.5) is 5.82 Å². The van der Waals surface area contributed by atoms with E-state index in [1.807, 2.05) is 31.4 Å². The molecule has 108 valence electrons. The molecular weight excluding hydrogens is 256 g/mol. The number of aliphatic hydroxyl groups is 1. The summed E-state index contributed by atoms with van der Waals surface area (Å²) >= 11 is 0. The van der Waals surface area contributed by atoms with Crippen molar-refractivity contribution in [2.45, 2.75) is 32.5 Å². The van der Waals surface area contributed by atoms with Gasteiger partial charge in [0, 0.05) is 13.1 Å². The van der Waals surface area contributed by atoms with Crippen molar-refractivity contribution in [1.29, 1.82) is 0 Å². The molecule has 1 N–H and O–H groups in total. The van der Waals surface area contributed by atoms with Crippen LogP contribution in [0.3, 0.4) is 0 Å². The lowest BCUT2D eigenvalue weighted by molar-refractivity contribution is -0.101. The minimum atomic E-state index is -0.303. The van der Waals surface area contributed by atoms with Crippen LogP contribution in [0, 0.1) is 6.92 Å². The predicted octanol–water partition coefficient (Wildman–Crippen LogP) is 1.01. The lowest BCUT2D eigenvalue weighted by Gasteiger charge is -2.43. The van der Waals surface area contributed by atoms with Gasteiger partial charge in [-0.05, 0) is 38.5 Å². The van der Waals surface area contributed by atoms with Gasteiger partial charge in [-0.15, -0.1) is 0 Å². The van der Waals surface area contributed by atoms with E-state index in [0.29, 0.717) is 6.54 Å². The SMILES string of the molecule is Cc1cc(N2CC(CO)OC(C)(C)C2)n2ncnc2c1. The molecule has 3 rings (SSSR count). The zero-order chi connectivity index (χ0) is 14.3. The fraction of sp³-hybridized carbons (Fsp3) is 0.571. The molecule has 2 aromatic heterocycles. The first kappa shape index (κ1) is 13.3. The maximum atomic E-state index is 9.43. The van der Waals surface area contributed by atoms with E-state index in [0.717, 1.165) is 23.6 Å². The van der Waals surface area contributed by atoms with E-state index in [9.17, 15) is 5.11 Å². The van der Waals surface area contributed by atoms with Gasteiger partial charge in [-0.3, -0.25) is 0 Å². The van der Waals surface area contributed by atoms with Gasteiger partial charge in [-0.1, -0.05) is 0 Å². The molecule has 2 aromatic rings. The van der Waals surface area contributed by atoms with Gasteiger partial charge in [-0.2, -0.15) is 9.61 Å². The van der Waals surface area contributed by atoms with E-state index in [2.05, 4.69) is 21.0 Å². The fourth-order valence-electron chi connectivity index (χ4n) is 2.83. The minimum absolute atomic E-state index is 0.0201. The molecule has 3 heterocycles. The number of aromatic nitrogens is 3. The van der Waals surface area contributed by atoms with Crippen molar-refractivity contribution in [2.75, 3.05) is 24.6 Å². The molecule has 1 aliphatic heterocycles. The van der Waals surface area contributed by atoms with Crippen LogP contribution in [0.5, 0.6) is 0 Å². The highest BCUT2D eigenvalue weighted by Crippen LogP contribution is 2.26. The predicted molar refractivity (Wildman–Crippen MR) is 76.0 cm³/mol. The summed E-state index contributed by atoms with van der Waals surface area (Å²) in [5, 5.41) is 13.7. The number of rotatable bonds is 2. The third kappa shape index (κ3) is 2.36. The Morgan fingerprint density at radius 1 is 1.45 bits per heavy atom. The molecule has 1 unspecified atom stereocenters. The summed E-state index contributed by atoms with van der Waals surface area (Å²) in [5.41, 5.74) is 1.68. The zero-order valence-corrected chi connectivity index (χ0v) is 12.1. The molecule has 1 aliphatic rings. The molecule has 0 saturated carbocycles. The van der Waals surface area contributed by atoms with E-state index in [-0.39, 0.29) is 18.3 Å². The maximum Gasteiger partial charge on any atom is 0.157 e. The summed E-state index contributed by atoms with van der Waals surface area (Å²) in [6.45, 7) is 7.55. The van der Waals surface area contributed by atoms with Crippen LogP contribution in [-0.4, -0.2) is 51.1 Å². The van der Waals surface area contributed by atoms with E-state index in [1.165, 1.54) is 0 Å². The molecule has 0 aliphatic carbocycles. The molecule has 6 nitrogen and oxygen atoms in total. The molecule has 0 bridgehead atoms.